The van der Waals surface area contributed by atoms with E-state index < -0.39 is 0 Å². The zero-order valence-electron chi connectivity index (χ0n) is 10.4. The molecule has 0 saturated carbocycles. The Labute approximate surface area is 105 Å². The van der Waals surface area contributed by atoms with Crippen LogP contribution in [0.4, 0.5) is 0 Å². The summed E-state index contributed by atoms with van der Waals surface area (Å²) in [6.45, 7) is 4.18. The molecule has 3 aromatic rings. The van der Waals surface area contributed by atoms with Gasteiger partial charge in [-0.3, -0.25) is 10.1 Å². The highest BCUT2D eigenvalue weighted by atomic mass is 15.2. The number of aromatic nitrogens is 4. The first kappa shape index (κ1) is 10.9. The van der Waals surface area contributed by atoms with Crippen molar-refractivity contribution in [2.45, 2.75) is 19.8 Å². The molecule has 1 aromatic carbocycles. The summed E-state index contributed by atoms with van der Waals surface area (Å²) in [5, 5.41) is 8.34. The minimum atomic E-state index is 0.355. The van der Waals surface area contributed by atoms with Gasteiger partial charge in [-0.2, -0.15) is 5.10 Å². The molecule has 0 atom stereocenters. The van der Waals surface area contributed by atoms with Crippen molar-refractivity contribution < 1.29 is 0 Å². The quantitative estimate of drug-likeness (QED) is 0.746. The number of benzene rings is 1. The molecule has 3 rings (SSSR count). The van der Waals surface area contributed by atoms with Gasteiger partial charge in [-0.15, -0.1) is 0 Å². The zero-order chi connectivity index (χ0) is 12.5. The van der Waals surface area contributed by atoms with Crippen molar-refractivity contribution >= 4 is 10.9 Å². The van der Waals surface area contributed by atoms with Crippen molar-refractivity contribution in [1.29, 1.82) is 0 Å². The van der Waals surface area contributed by atoms with Crippen molar-refractivity contribution in [2.75, 3.05) is 0 Å². The molecular formula is C14H14N4. The molecule has 0 radical (unpaired) electrons. The van der Waals surface area contributed by atoms with Crippen LogP contribution in [0.15, 0.2) is 36.5 Å². The maximum absolute atomic E-state index is 4.50. The van der Waals surface area contributed by atoms with Gasteiger partial charge in [-0.1, -0.05) is 19.9 Å². The SMILES string of the molecule is CC(C)c1nc(-c2ccc3ncccc3c2)n[nH]1. The number of hydrogen-bond donors (Lipinski definition) is 1. The number of hydrogen-bond acceptors (Lipinski definition) is 3. The van der Waals surface area contributed by atoms with Gasteiger partial charge in [0.25, 0.3) is 0 Å². The van der Waals surface area contributed by atoms with E-state index in [0.717, 1.165) is 28.1 Å². The second-order valence-electron chi connectivity index (χ2n) is 4.61. The molecule has 0 fully saturated rings. The average Bonchev–Trinajstić information content (AvgIpc) is 2.88. The van der Waals surface area contributed by atoms with E-state index in [1.54, 1.807) is 6.20 Å². The molecular weight excluding hydrogens is 224 g/mol. The fourth-order valence-corrected chi connectivity index (χ4v) is 1.88. The first-order valence-electron chi connectivity index (χ1n) is 6.01. The molecule has 90 valence electrons. The van der Waals surface area contributed by atoms with Gasteiger partial charge in [-0.05, 0) is 24.3 Å². The van der Waals surface area contributed by atoms with Crippen molar-refractivity contribution in [2.24, 2.45) is 0 Å². The first-order chi connectivity index (χ1) is 8.74. The lowest BCUT2D eigenvalue weighted by Gasteiger charge is -1.99. The van der Waals surface area contributed by atoms with Gasteiger partial charge < -0.3 is 0 Å². The minimum absolute atomic E-state index is 0.355. The third-order valence-electron chi connectivity index (χ3n) is 2.91. The molecule has 0 saturated heterocycles. The maximum Gasteiger partial charge on any atom is 0.181 e. The van der Waals surface area contributed by atoms with E-state index in [-0.39, 0.29) is 0 Å². The van der Waals surface area contributed by atoms with Crippen molar-refractivity contribution in [3.05, 3.63) is 42.4 Å². The summed E-state index contributed by atoms with van der Waals surface area (Å²) >= 11 is 0. The van der Waals surface area contributed by atoms with Crippen LogP contribution in [0.2, 0.25) is 0 Å². The van der Waals surface area contributed by atoms with Crippen LogP contribution in [0.3, 0.4) is 0 Å². The summed E-state index contributed by atoms with van der Waals surface area (Å²) in [6.07, 6.45) is 1.80. The Balaban J connectivity index is 2.07. The fourth-order valence-electron chi connectivity index (χ4n) is 1.88. The monoisotopic (exact) mass is 238 g/mol. The second-order valence-corrected chi connectivity index (χ2v) is 4.61. The Bertz CT molecular complexity index is 685. The van der Waals surface area contributed by atoms with Crippen LogP contribution >= 0.6 is 0 Å². The fraction of sp³-hybridized carbons (Fsp3) is 0.214. The van der Waals surface area contributed by atoms with Crippen LogP contribution in [-0.4, -0.2) is 20.2 Å². The number of nitrogens with zero attached hydrogens (tertiary/aromatic N) is 3. The number of pyridine rings is 1. The average molecular weight is 238 g/mol. The molecule has 0 unspecified atom stereocenters. The van der Waals surface area contributed by atoms with Crippen LogP contribution in [0, 0.1) is 0 Å². The lowest BCUT2D eigenvalue weighted by atomic mass is 10.1. The van der Waals surface area contributed by atoms with Crippen LogP contribution in [0.5, 0.6) is 0 Å². The molecule has 1 N–H and O–H groups in total. The highest BCUT2D eigenvalue weighted by Gasteiger charge is 2.08. The molecule has 4 heteroatoms. The summed E-state index contributed by atoms with van der Waals surface area (Å²) in [6, 6.07) is 10.0. The van der Waals surface area contributed by atoms with Crippen LogP contribution in [0.1, 0.15) is 25.6 Å². The molecule has 2 aromatic heterocycles. The van der Waals surface area contributed by atoms with E-state index >= 15 is 0 Å². The van der Waals surface area contributed by atoms with Crippen molar-refractivity contribution in [1.82, 2.24) is 20.2 Å². The minimum Gasteiger partial charge on any atom is -0.262 e. The maximum atomic E-state index is 4.50. The van der Waals surface area contributed by atoms with Crippen LogP contribution < -0.4 is 0 Å². The van der Waals surface area contributed by atoms with E-state index in [0.29, 0.717) is 5.92 Å². The number of nitrogens with one attached hydrogen (secondary N) is 1. The summed E-state index contributed by atoms with van der Waals surface area (Å²) in [5.41, 5.74) is 2.00. The molecule has 0 amide bonds. The Kier molecular flexibility index (Phi) is 2.55. The molecule has 4 nitrogen and oxygen atoms in total. The predicted molar refractivity (Wildman–Crippen MR) is 71.2 cm³/mol. The molecule has 0 aliphatic heterocycles. The molecule has 0 aliphatic rings. The molecule has 18 heavy (non-hydrogen) atoms. The number of aromatic amines is 1. The Morgan fingerprint density at radius 2 is 2.06 bits per heavy atom. The largest absolute Gasteiger partial charge is 0.262 e. The van der Waals surface area contributed by atoms with E-state index in [9.17, 15) is 0 Å². The number of H-pyrrole nitrogens is 1. The molecule has 0 spiro atoms. The molecule has 0 bridgehead atoms. The number of fused-ring (bicyclic) bond motifs is 1. The Morgan fingerprint density at radius 1 is 1.17 bits per heavy atom. The van der Waals surface area contributed by atoms with Gasteiger partial charge >= 0.3 is 0 Å². The smallest absolute Gasteiger partial charge is 0.181 e. The third-order valence-corrected chi connectivity index (χ3v) is 2.91. The highest BCUT2D eigenvalue weighted by Crippen LogP contribution is 2.21. The van der Waals surface area contributed by atoms with E-state index in [2.05, 4.69) is 40.1 Å². The Hall–Kier alpha value is -2.23. The van der Waals surface area contributed by atoms with Gasteiger partial charge in [0, 0.05) is 23.1 Å². The van der Waals surface area contributed by atoms with Gasteiger partial charge in [0.15, 0.2) is 5.82 Å². The molecule has 2 heterocycles. The van der Waals surface area contributed by atoms with Gasteiger partial charge in [0.2, 0.25) is 0 Å². The Morgan fingerprint density at radius 3 is 2.83 bits per heavy atom. The standard InChI is InChI=1S/C14H14N4/c1-9(2)13-16-14(18-17-13)11-5-6-12-10(8-11)4-3-7-15-12/h3-9H,1-2H3,(H,16,17,18). The van der Waals surface area contributed by atoms with E-state index in [1.807, 2.05) is 24.3 Å². The van der Waals surface area contributed by atoms with E-state index in [1.165, 1.54) is 0 Å². The van der Waals surface area contributed by atoms with E-state index in [4.69, 9.17) is 0 Å². The highest BCUT2D eigenvalue weighted by molar-refractivity contribution is 5.82. The van der Waals surface area contributed by atoms with Crippen molar-refractivity contribution in [3.8, 4) is 11.4 Å². The molecule has 0 aliphatic carbocycles. The predicted octanol–water partition coefficient (Wildman–Crippen LogP) is 3.14. The van der Waals surface area contributed by atoms with Gasteiger partial charge in [-0.25, -0.2) is 4.98 Å². The second kappa shape index (κ2) is 4.22. The topological polar surface area (TPSA) is 54.5 Å². The zero-order valence-corrected chi connectivity index (χ0v) is 10.4. The van der Waals surface area contributed by atoms with Gasteiger partial charge in [0.1, 0.15) is 5.82 Å². The first-order valence-corrected chi connectivity index (χ1v) is 6.01. The lowest BCUT2D eigenvalue weighted by Crippen LogP contribution is -1.89. The van der Waals surface area contributed by atoms with Crippen LogP contribution in [-0.2, 0) is 0 Å². The summed E-state index contributed by atoms with van der Waals surface area (Å²) < 4.78 is 0. The number of rotatable bonds is 2. The normalized spacial score (nSPS) is 11.3. The lowest BCUT2D eigenvalue weighted by molar-refractivity contribution is 0.781. The van der Waals surface area contributed by atoms with Crippen LogP contribution in [0.25, 0.3) is 22.3 Å². The van der Waals surface area contributed by atoms with Gasteiger partial charge in [0.05, 0.1) is 5.52 Å². The summed E-state index contributed by atoms with van der Waals surface area (Å²) in [5.74, 6) is 2.01. The third kappa shape index (κ3) is 1.86. The van der Waals surface area contributed by atoms with Crippen molar-refractivity contribution in [3.63, 3.8) is 0 Å². The summed E-state index contributed by atoms with van der Waals surface area (Å²) in [4.78, 5) is 8.80. The summed E-state index contributed by atoms with van der Waals surface area (Å²) in [7, 11) is 0.